The number of thiophene rings is 1. The number of carbonyl (C=O) groups is 2. The van der Waals surface area contributed by atoms with E-state index in [0.29, 0.717) is 30.6 Å². The summed E-state index contributed by atoms with van der Waals surface area (Å²) in [5, 5.41) is 2.79. The fraction of sp³-hybridized carbons (Fsp3) is 0.538. The average molecular weight is 489 g/mol. The molecule has 1 aromatic carbocycles. The van der Waals surface area contributed by atoms with Gasteiger partial charge in [0.05, 0.1) is 12.6 Å². The van der Waals surface area contributed by atoms with Crippen LogP contribution in [-0.4, -0.2) is 47.9 Å². The van der Waals surface area contributed by atoms with Gasteiger partial charge in [0.2, 0.25) is 11.8 Å². The number of fused-ring (bicyclic) bond motifs is 1. The maximum atomic E-state index is 13.5. The van der Waals surface area contributed by atoms with Gasteiger partial charge in [0.15, 0.2) is 0 Å². The zero-order valence-corrected chi connectivity index (χ0v) is 21.3. The van der Waals surface area contributed by atoms with Gasteiger partial charge in [0.1, 0.15) is 12.4 Å². The number of carbonyl (C=O) groups excluding carboxylic acids is 2. The molecule has 5 nitrogen and oxygen atoms in total. The van der Waals surface area contributed by atoms with Crippen LogP contribution in [0.1, 0.15) is 55.2 Å². The Bertz CT molecular complexity index is 1000. The van der Waals surface area contributed by atoms with Crippen molar-refractivity contribution in [2.24, 2.45) is 11.8 Å². The number of hydrogen-bond acceptors (Lipinski definition) is 4. The van der Waals surface area contributed by atoms with E-state index in [1.807, 2.05) is 30.0 Å². The minimum absolute atomic E-state index is 0.00467. The van der Waals surface area contributed by atoms with Gasteiger partial charge in [0, 0.05) is 28.9 Å². The number of ether oxygens (including phenoxy) is 1. The van der Waals surface area contributed by atoms with E-state index in [1.165, 1.54) is 4.88 Å². The van der Waals surface area contributed by atoms with E-state index >= 15 is 0 Å². The monoisotopic (exact) mass is 488 g/mol. The van der Waals surface area contributed by atoms with Gasteiger partial charge in [-0.15, -0.1) is 11.3 Å². The molecular formula is C26H33ClN2O3S. The quantitative estimate of drug-likeness (QED) is 0.468. The number of halogens is 1. The highest BCUT2D eigenvalue weighted by atomic mass is 35.5. The summed E-state index contributed by atoms with van der Waals surface area (Å²) in [6.07, 6.45) is 3.73. The first-order valence-corrected chi connectivity index (χ1v) is 13.2. The highest BCUT2D eigenvalue weighted by Crippen LogP contribution is 2.35. The summed E-state index contributed by atoms with van der Waals surface area (Å²) in [6.45, 7) is 8.02. The number of hydrogen-bond donors (Lipinski definition) is 0. The summed E-state index contributed by atoms with van der Waals surface area (Å²) in [5.41, 5.74) is 2.12. The second-order valence-electron chi connectivity index (χ2n) is 9.38. The Morgan fingerprint density at radius 1 is 1.30 bits per heavy atom. The lowest BCUT2D eigenvalue weighted by Gasteiger charge is -2.37. The topological polar surface area (TPSA) is 49.9 Å². The van der Waals surface area contributed by atoms with Crippen LogP contribution in [0.25, 0.3) is 0 Å². The SMILES string of the molecule is CCC(C)CN(CC(=O)N1CCc2sccc2C1COc1ccc(Cl)c(C)c1)C(=O)C1CC1. The third-order valence-electron chi connectivity index (χ3n) is 6.75. The fourth-order valence-electron chi connectivity index (χ4n) is 4.34. The molecule has 2 heterocycles. The summed E-state index contributed by atoms with van der Waals surface area (Å²) >= 11 is 7.89. The van der Waals surface area contributed by atoms with Crippen LogP contribution in [0.2, 0.25) is 5.02 Å². The highest BCUT2D eigenvalue weighted by Gasteiger charge is 2.37. The number of benzene rings is 1. The number of amides is 2. The van der Waals surface area contributed by atoms with Crippen LogP contribution in [0.4, 0.5) is 0 Å². The van der Waals surface area contributed by atoms with Gasteiger partial charge in [-0.05, 0) is 72.9 Å². The molecule has 2 aliphatic rings. The second-order valence-corrected chi connectivity index (χ2v) is 10.8. The van der Waals surface area contributed by atoms with E-state index in [2.05, 4.69) is 25.3 Å². The molecule has 7 heteroatoms. The first-order valence-electron chi connectivity index (χ1n) is 11.9. The van der Waals surface area contributed by atoms with Crippen molar-refractivity contribution in [2.45, 2.75) is 52.5 Å². The molecular weight excluding hydrogens is 456 g/mol. The van der Waals surface area contributed by atoms with Crippen molar-refractivity contribution in [3.05, 3.63) is 50.7 Å². The summed E-state index contributed by atoms with van der Waals surface area (Å²) in [5.74, 6) is 1.37. The Morgan fingerprint density at radius 2 is 2.09 bits per heavy atom. The van der Waals surface area contributed by atoms with Crippen molar-refractivity contribution in [1.82, 2.24) is 9.80 Å². The second kappa shape index (κ2) is 10.5. The molecule has 0 bridgehead atoms. The zero-order valence-electron chi connectivity index (χ0n) is 19.7. The largest absolute Gasteiger partial charge is 0.491 e. The predicted octanol–water partition coefficient (Wildman–Crippen LogP) is 5.50. The van der Waals surface area contributed by atoms with Crippen molar-refractivity contribution in [2.75, 3.05) is 26.2 Å². The molecule has 1 saturated carbocycles. The van der Waals surface area contributed by atoms with E-state index < -0.39 is 0 Å². The Kier molecular flexibility index (Phi) is 7.65. The maximum absolute atomic E-state index is 13.5. The van der Waals surface area contributed by atoms with Gasteiger partial charge in [-0.25, -0.2) is 0 Å². The fourth-order valence-corrected chi connectivity index (χ4v) is 5.38. The van der Waals surface area contributed by atoms with Crippen molar-refractivity contribution < 1.29 is 14.3 Å². The Morgan fingerprint density at radius 3 is 2.79 bits per heavy atom. The molecule has 178 valence electrons. The van der Waals surface area contributed by atoms with Gasteiger partial charge in [-0.2, -0.15) is 0 Å². The van der Waals surface area contributed by atoms with Crippen molar-refractivity contribution in [1.29, 1.82) is 0 Å². The third-order valence-corrected chi connectivity index (χ3v) is 8.17. The third kappa shape index (κ3) is 5.72. The van der Waals surface area contributed by atoms with Crippen LogP contribution in [0.15, 0.2) is 29.6 Å². The van der Waals surface area contributed by atoms with E-state index in [9.17, 15) is 9.59 Å². The van der Waals surface area contributed by atoms with Crippen LogP contribution in [-0.2, 0) is 16.0 Å². The van der Waals surface area contributed by atoms with Crippen molar-refractivity contribution >= 4 is 34.8 Å². The zero-order chi connectivity index (χ0) is 23.5. The van der Waals surface area contributed by atoms with Gasteiger partial charge >= 0.3 is 0 Å². The van der Waals surface area contributed by atoms with Crippen LogP contribution in [0, 0.1) is 18.8 Å². The van der Waals surface area contributed by atoms with Crippen molar-refractivity contribution in [3.63, 3.8) is 0 Å². The first kappa shape index (κ1) is 24.1. The van der Waals surface area contributed by atoms with E-state index in [-0.39, 0.29) is 30.3 Å². The van der Waals surface area contributed by atoms with E-state index in [0.717, 1.165) is 42.6 Å². The summed E-state index contributed by atoms with van der Waals surface area (Å²) in [4.78, 5) is 31.5. The van der Waals surface area contributed by atoms with E-state index in [4.69, 9.17) is 16.3 Å². The van der Waals surface area contributed by atoms with Crippen LogP contribution >= 0.6 is 22.9 Å². The normalized spacial score (nSPS) is 18.5. The van der Waals surface area contributed by atoms with Gasteiger partial charge in [0.25, 0.3) is 0 Å². The molecule has 1 aromatic heterocycles. The first-order chi connectivity index (χ1) is 15.9. The molecule has 4 rings (SSSR count). The molecule has 33 heavy (non-hydrogen) atoms. The lowest BCUT2D eigenvalue weighted by Crippen LogP contribution is -2.48. The summed E-state index contributed by atoms with van der Waals surface area (Å²) < 4.78 is 6.14. The molecule has 1 aliphatic carbocycles. The van der Waals surface area contributed by atoms with Crippen LogP contribution < -0.4 is 4.74 Å². The van der Waals surface area contributed by atoms with Gasteiger partial charge in [-0.1, -0.05) is 31.9 Å². The lowest BCUT2D eigenvalue weighted by molar-refractivity contribution is -0.143. The molecule has 0 spiro atoms. The van der Waals surface area contributed by atoms with E-state index in [1.54, 1.807) is 16.2 Å². The molecule has 2 unspecified atom stereocenters. The Hall–Kier alpha value is -2.05. The lowest BCUT2D eigenvalue weighted by atomic mass is 10.00. The molecule has 2 aromatic rings. The molecule has 0 radical (unpaired) electrons. The van der Waals surface area contributed by atoms with Crippen molar-refractivity contribution in [3.8, 4) is 5.75 Å². The summed E-state index contributed by atoms with van der Waals surface area (Å²) in [6, 6.07) is 7.56. The smallest absolute Gasteiger partial charge is 0.242 e. The number of aryl methyl sites for hydroxylation is 1. The molecule has 2 atom stereocenters. The molecule has 2 amide bonds. The minimum atomic E-state index is -0.162. The predicted molar refractivity (Wildman–Crippen MR) is 133 cm³/mol. The van der Waals surface area contributed by atoms with Crippen LogP contribution in [0.3, 0.4) is 0 Å². The number of nitrogens with zero attached hydrogens (tertiary/aromatic N) is 2. The molecule has 1 aliphatic heterocycles. The molecule has 0 N–H and O–H groups in total. The highest BCUT2D eigenvalue weighted by molar-refractivity contribution is 7.10. The minimum Gasteiger partial charge on any atom is -0.491 e. The number of rotatable bonds is 9. The average Bonchev–Trinajstić information content (AvgIpc) is 3.55. The molecule has 1 fully saturated rings. The van der Waals surface area contributed by atoms with Gasteiger partial charge < -0.3 is 14.5 Å². The standard InChI is InChI=1S/C26H33ClN2O3S/c1-4-17(2)14-28(26(31)19-5-6-19)15-25(30)29-11-9-24-21(10-12-33-24)23(29)16-32-20-7-8-22(27)18(3)13-20/h7-8,10,12-13,17,19,23H,4-6,9,11,14-16H2,1-3H3. The maximum Gasteiger partial charge on any atom is 0.242 e. The Balaban J connectivity index is 1.50. The Labute approximate surface area is 205 Å². The summed E-state index contributed by atoms with van der Waals surface area (Å²) in [7, 11) is 0. The van der Waals surface area contributed by atoms with Gasteiger partial charge in [-0.3, -0.25) is 9.59 Å². The molecule has 0 saturated heterocycles. The van der Waals surface area contributed by atoms with Crippen LogP contribution in [0.5, 0.6) is 5.75 Å².